The summed E-state index contributed by atoms with van der Waals surface area (Å²) in [4.78, 5) is 11.8. The van der Waals surface area contributed by atoms with Crippen molar-refractivity contribution in [3.8, 4) is 5.75 Å². The number of hydrogen-bond donors (Lipinski definition) is 2. The molecule has 1 aliphatic heterocycles. The fraction of sp³-hybridized carbons (Fsp3) is 0.421. The maximum absolute atomic E-state index is 5.30. The zero-order valence-corrected chi connectivity index (χ0v) is 15.8. The van der Waals surface area contributed by atoms with E-state index in [1.165, 1.54) is 25.9 Å². The van der Waals surface area contributed by atoms with Crippen LogP contribution in [0.5, 0.6) is 5.75 Å². The molecule has 27 heavy (non-hydrogen) atoms. The number of methoxy groups -OCH3 is 1. The first kappa shape index (κ1) is 17.5. The number of ether oxygens (including phenoxy) is 1. The highest BCUT2D eigenvalue weighted by molar-refractivity contribution is 5.89. The third kappa shape index (κ3) is 3.95. The molecule has 142 valence electrons. The van der Waals surface area contributed by atoms with E-state index in [0.717, 1.165) is 41.4 Å². The van der Waals surface area contributed by atoms with Gasteiger partial charge in [0.2, 0.25) is 5.95 Å². The summed E-state index contributed by atoms with van der Waals surface area (Å²) in [6, 6.07) is 7.77. The first-order valence-corrected chi connectivity index (χ1v) is 9.30. The van der Waals surface area contributed by atoms with Gasteiger partial charge in [-0.2, -0.15) is 15.1 Å². The Morgan fingerprint density at radius 2 is 2.04 bits per heavy atom. The SMILES string of the molecule is COc1cccc(Nc2nc(NCCN3CCCC3)nc3c2cnn3C)c1. The third-order valence-corrected chi connectivity index (χ3v) is 4.83. The first-order valence-electron chi connectivity index (χ1n) is 9.30. The van der Waals surface area contributed by atoms with Crippen LogP contribution in [0.4, 0.5) is 17.5 Å². The van der Waals surface area contributed by atoms with Crippen LogP contribution in [0.15, 0.2) is 30.5 Å². The molecule has 0 amide bonds. The molecule has 1 fully saturated rings. The molecule has 3 heterocycles. The summed E-state index contributed by atoms with van der Waals surface area (Å²) >= 11 is 0. The monoisotopic (exact) mass is 367 g/mol. The van der Waals surface area contributed by atoms with Crippen molar-refractivity contribution in [1.82, 2.24) is 24.6 Å². The molecule has 2 aromatic heterocycles. The summed E-state index contributed by atoms with van der Waals surface area (Å²) in [5.41, 5.74) is 1.69. The number of nitrogens with one attached hydrogen (secondary N) is 2. The Balaban J connectivity index is 1.56. The summed E-state index contributed by atoms with van der Waals surface area (Å²) in [6.07, 6.45) is 4.38. The van der Waals surface area contributed by atoms with Crippen molar-refractivity contribution in [2.45, 2.75) is 12.8 Å². The van der Waals surface area contributed by atoms with Gasteiger partial charge in [-0.1, -0.05) is 6.07 Å². The van der Waals surface area contributed by atoms with Gasteiger partial charge >= 0.3 is 0 Å². The second kappa shape index (κ2) is 7.79. The molecule has 1 aromatic carbocycles. The fourth-order valence-corrected chi connectivity index (χ4v) is 3.37. The zero-order chi connectivity index (χ0) is 18.6. The fourth-order valence-electron chi connectivity index (χ4n) is 3.37. The minimum atomic E-state index is 0.607. The molecule has 0 spiro atoms. The van der Waals surface area contributed by atoms with Crippen LogP contribution >= 0.6 is 0 Å². The van der Waals surface area contributed by atoms with Crippen LogP contribution in [-0.4, -0.2) is 57.9 Å². The lowest BCUT2D eigenvalue weighted by Crippen LogP contribution is -2.26. The molecule has 1 aliphatic rings. The van der Waals surface area contributed by atoms with Crippen LogP contribution in [0.1, 0.15) is 12.8 Å². The van der Waals surface area contributed by atoms with Gasteiger partial charge < -0.3 is 20.3 Å². The second-order valence-electron chi connectivity index (χ2n) is 6.73. The minimum absolute atomic E-state index is 0.607. The quantitative estimate of drug-likeness (QED) is 0.664. The standard InChI is InChI=1S/C19H25N7O/c1-25-18-16(13-21-25)17(22-14-6-5-7-15(12-14)27-2)23-19(24-18)20-8-11-26-9-3-4-10-26/h5-7,12-13H,3-4,8-11H2,1-2H3,(H2,20,22,23,24). The molecular weight excluding hydrogens is 342 g/mol. The van der Waals surface area contributed by atoms with Crippen molar-refractivity contribution in [2.24, 2.45) is 7.05 Å². The van der Waals surface area contributed by atoms with E-state index in [1.807, 2.05) is 31.3 Å². The number of aryl methyl sites for hydroxylation is 1. The van der Waals surface area contributed by atoms with Gasteiger partial charge in [-0.25, -0.2) is 0 Å². The largest absolute Gasteiger partial charge is 0.497 e. The van der Waals surface area contributed by atoms with Crippen LogP contribution in [-0.2, 0) is 7.05 Å². The maximum Gasteiger partial charge on any atom is 0.226 e. The Kier molecular flexibility index (Phi) is 5.06. The summed E-state index contributed by atoms with van der Waals surface area (Å²) < 4.78 is 7.07. The molecule has 0 bridgehead atoms. The van der Waals surface area contributed by atoms with Gasteiger partial charge in [0.25, 0.3) is 0 Å². The molecule has 2 N–H and O–H groups in total. The molecule has 1 saturated heterocycles. The summed E-state index contributed by atoms with van der Waals surface area (Å²) in [6.45, 7) is 4.20. The number of benzene rings is 1. The van der Waals surface area contributed by atoms with Crippen molar-refractivity contribution in [3.63, 3.8) is 0 Å². The van der Waals surface area contributed by atoms with Crippen LogP contribution in [0, 0.1) is 0 Å². The molecule has 3 aromatic rings. The summed E-state index contributed by atoms with van der Waals surface area (Å²) in [7, 11) is 3.55. The van der Waals surface area contributed by atoms with Crippen LogP contribution in [0.25, 0.3) is 11.0 Å². The second-order valence-corrected chi connectivity index (χ2v) is 6.73. The van der Waals surface area contributed by atoms with E-state index >= 15 is 0 Å². The Morgan fingerprint density at radius 1 is 1.19 bits per heavy atom. The number of fused-ring (bicyclic) bond motifs is 1. The van der Waals surface area contributed by atoms with Crippen molar-refractivity contribution in [2.75, 3.05) is 43.9 Å². The highest BCUT2D eigenvalue weighted by atomic mass is 16.5. The number of aromatic nitrogens is 4. The van der Waals surface area contributed by atoms with E-state index < -0.39 is 0 Å². The highest BCUT2D eigenvalue weighted by Gasteiger charge is 2.14. The van der Waals surface area contributed by atoms with E-state index in [9.17, 15) is 0 Å². The van der Waals surface area contributed by atoms with Gasteiger partial charge in [0.1, 0.15) is 11.6 Å². The van der Waals surface area contributed by atoms with Gasteiger partial charge in [0.05, 0.1) is 18.7 Å². The normalized spacial score (nSPS) is 14.6. The highest BCUT2D eigenvalue weighted by Crippen LogP contribution is 2.26. The number of anilines is 3. The van der Waals surface area contributed by atoms with Gasteiger partial charge in [0.15, 0.2) is 5.65 Å². The smallest absolute Gasteiger partial charge is 0.226 e. The molecular formula is C19H25N7O. The third-order valence-electron chi connectivity index (χ3n) is 4.83. The van der Waals surface area contributed by atoms with Crippen molar-refractivity contribution in [3.05, 3.63) is 30.5 Å². The molecule has 0 atom stereocenters. The zero-order valence-electron chi connectivity index (χ0n) is 15.8. The first-order chi connectivity index (χ1) is 13.2. The maximum atomic E-state index is 5.30. The number of likely N-dealkylation sites (tertiary alicyclic amines) is 1. The Hall–Kier alpha value is -2.87. The predicted molar refractivity (Wildman–Crippen MR) is 107 cm³/mol. The minimum Gasteiger partial charge on any atom is -0.497 e. The van der Waals surface area contributed by atoms with E-state index in [-0.39, 0.29) is 0 Å². The number of nitrogens with zero attached hydrogens (tertiary/aromatic N) is 5. The summed E-state index contributed by atoms with van der Waals surface area (Å²) in [5.74, 6) is 2.13. The van der Waals surface area contributed by atoms with Gasteiger partial charge in [-0.05, 0) is 38.1 Å². The molecule has 0 unspecified atom stereocenters. The molecule has 0 aliphatic carbocycles. The molecule has 8 heteroatoms. The lowest BCUT2D eigenvalue weighted by Gasteiger charge is -2.15. The molecule has 4 rings (SSSR count). The van der Waals surface area contributed by atoms with Crippen molar-refractivity contribution in [1.29, 1.82) is 0 Å². The Bertz CT molecular complexity index is 918. The molecule has 0 radical (unpaired) electrons. The van der Waals surface area contributed by atoms with Crippen molar-refractivity contribution < 1.29 is 4.74 Å². The van der Waals surface area contributed by atoms with Crippen molar-refractivity contribution >= 4 is 28.5 Å². The van der Waals surface area contributed by atoms with Crippen LogP contribution in [0.3, 0.4) is 0 Å². The average Bonchev–Trinajstić information content (AvgIpc) is 3.33. The topological polar surface area (TPSA) is 80.1 Å². The number of hydrogen-bond acceptors (Lipinski definition) is 7. The molecule has 0 saturated carbocycles. The van der Waals surface area contributed by atoms with E-state index in [4.69, 9.17) is 4.74 Å². The Labute approximate surface area is 158 Å². The van der Waals surface area contributed by atoms with Gasteiger partial charge in [0, 0.05) is 31.9 Å². The lowest BCUT2D eigenvalue weighted by atomic mass is 10.3. The van der Waals surface area contributed by atoms with E-state index in [2.05, 4.69) is 30.6 Å². The number of rotatable bonds is 7. The average molecular weight is 367 g/mol. The van der Waals surface area contributed by atoms with E-state index in [1.54, 1.807) is 18.0 Å². The predicted octanol–water partition coefficient (Wildman–Crippen LogP) is 2.62. The molecule has 8 nitrogen and oxygen atoms in total. The van der Waals surface area contributed by atoms with Gasteiger partial charge in [-0.3, -0.25) is 4.68 Å². The van der Waals surface area contributed by atoms with E-state index in [0.29, 0.717) is 5.95 Å². The lowest BCUT2D eigenvalue weighted by molar-refractivity contribution is 0.352. The summed E-state index contributed by atoms with van der Waals surface area (Å²) in [5, 5.41) is 11.9. The van der Waals surface area contributed by atoms with Crippen LogP contribution < -0.4 is 15.4 Å². The Morgan fingerprint density at radius 3 is 2.85 bits per heavy atom. The van der Waals surface area contributed by atoms with Crippen LogP contribution in [0.2, 0.25) is 0 Å². The van der Waals surface area contributed by atoms with Gasteiger partial charge in [-0.15, -0.1) is 0 Å².